The number of nitrogens with zero attached hydrogens (tertiary/aromatic N) is 2. The van der Waals surface area contributed by atoms with Crippen molar-refractivity contribution in [1.82, 2.24) is 0 Å². The monoisotopic (exact) mass is 244 g/mol. The maximum atomic E-state index is 9.77. The number of nitriles is 1. The van der Waals surface area contributed by atoms with Gasteiger partial charge in [0.25, 0.3) is 0 Å². The summed E-state index contributed by atoms with van der Waals surface area (Å²) in [6, 6.07) is 10.9. The minimum absolute atomic E-state index is 0.368. The molecule has 1 unspecified atom stereocenters. The van der Waals surface area contributed by atoms with Crippen LogP contribution in [0.25, 0.3) is 0 Å². The molecular formula is C15H20N2O. The normalized spacial score (nSPS) is 16.1. The summed E-state index contributed by atoms with van der Waals surface area (Å²) in [6.45, 7) is 2.78. The molecule has 1 atom stereocenters. The molecule has 3 heteroatoms. The summed E-state index contributed by atoms with van der Waals surface area (Å²) in [5, 5.41) is 18.5. The van der Waals surface area contributed by atoms with Crippen molar-refractivity contribution < 1.29 is 5.11 Å². The van der Waals surface area contributed by atoms with Gasteiger partial charge in [-0.15, -0.1) is 0 Å². The van der Waals surface area contributed by atoms with Gasteiger partial charge in [-0.1, -0.05) is 19.1 Å². The summed E-state index contributed by atoms with van der Waals surface area (Å²) in [4.78, 5) is 2.31. The van der Waals surface area contributed by atoms with E-state index in [4.69, 9.17) is 5.26 Å². The Balaban J connectivity index is 2.08. The Morgan fingerprint density at radius 2 is 2.06 bits per heavy atom. The van der Waals surface area contributed by atoms with Crippen LogP contribution in [-0.4, -0.2) is 17.7 Å². The zero-order valence-electron chi connectivity index (χ0n) is 10.8. The van der Waals surface area contributed by atoms with Crippen molar-refractivity contribution in [2.24, 2.45) is 0 Å². The fourth-order valence-corrected chi connectivity index (χ4v) is 2.20. The van der Waals surface area contributed by atoms with Crippen LogP contribution >= 0.6 is 0 Å². The highest BCUT2D eigenvalue weighted by molar-refractivity contribution is 5.50. The summed E-state index contributed by atoms with van der Waals surface area (Å²) < 4.78 is 0. The second-order valence-electron chi connectivity index (χ2n) is 4.85. The highest BCUT2D eigenvalue weighted by atomic mass is 16.3. The highest BCUT2D eigenvalue weighted by Gasteiger charge is 2.28. The van der Waals surface area contributed by atoms with Gasteiger partial charge in [0.2, 0.25) is 0 Å². The topological polar surface area (TPSA) is 47.3 Å². The maximum absolute atomic E-state index is 9.77. The molecule has 1 N–H and O–H groups in total. The van der Waals surface area contributed by atoms with E-state index in [1.807, 2.05) is 19.1 Å². The van der Waals surface area contributed by atoms with Crippen molar-refractivity contribution in [3.05, 3.63) is 29.8 Å². The summed E-state index contributed by atoms with van der Waals surface area (Å²) in [5.41, 5.74) is 2.14. The summed E-state index contributed by atoms with van der Waals surface area (Å²) in [6.07, 6.45) is 3.39. The van der Waals surface area contributed by atoms with E-state index in [2.05, 4.69) is 23.1 Å². The minimum atomic E-state index is -0.368. The number of hydrogen-bond acceptors (Lipinski definition) is 3. The van der Waals surface area contributed by atoms with Crippen LogP contribution in [0.3, 0.4) is 0 Å². The molecule has 1 saturated carbocycles. The van der Waals surface area contributed by atoms with Crippen LogP contribution in [0, 0.1) is 11.3 Å². The summed E-state index contributed by atoms with van der Waals surface area (Å²) in [5.74, 6) is 0. The number of aliphatic hydroxyl groups is 1. The number of anilines is 1. The molecule has 2 rings (SSSR count). The zero-order valence-corrected chi connectivity index (χ0v) is 10.8. The quantitative estimate of drug-likeness (QED) is 0.836. The van der Waals surface area contributed by atoms with Gasteiger partial charge in [0.05, 0.1) is 18.6 Å². The second-order valence-corrected chi connectivity index (χ2v) is 4.85. The first-order valence-electron chi connectivity index (χ1n) is 6.68. The molecule has 96 valence electrons. The summed E-state index contributed by atoms with van der Waals surface area (Å²) in [7, 11) is 0. The van der Waals surface area contributed by atoms with Gasteiger partial charge in [-0.2, -0.15) is 5.26 Å². The van der Waals surface area contributed by atoms with Gasteiger partial charge in [-0.25, -0.2) is 0 Å². The van der Waals surface area contributed by atoms with Crippen molar-refractivity contribution >= 4 is 5.69 Å². The van der Waals surface area contributed by atoms with E-state index in [9.17, 15) is 5.11 Å². The molecule has 1 aliphatic carbocycles. The fraction of sp³-hybridized carbons (Fsp3) is 0.533. The number of benzene rings is 1. The predicted molar refractivity (Wildman–Crippen MR) is 72.3 cm³/mol. The van der Waals surface area contributed by atoms with Gasteiger partial charge in [-0.3, -0.25) is 0 Å². The Bertz CT molecular complexity index is 417. The van der Waals surface area contributed by atoms with Crippen LogP contribution in [0.2, 0.25) is 0 Å². The Labute approximate surface area is 109 Å². The van der Waals surface area contributed by atoms with Crippen molar-refractivity contribution in [2.45, 2.75) is 44.8 Å². The summed E-state index contributed by atoms with van der Waals surface area (Å²) >= 11 is 0. The average molecular weight is 244 g/mol. The first kappa shape index (κ1) is 12.9. The van der Waals surface area contributed by atoms with Crippen LogP contribution in [0.1, 0.15) is 44.3 Å². The molecule has 0 heterocycles. The van der Waals surface area contributed by atoms with Crippen molar-refractivity contribution in [3.63, 3.8) is 0 Å². The zero-order chi connectivity index (χ0) is 13.0. The van der Waals surface area contributed by atoms with Crippen molar-refractivity contribution in [2.75, 3.05) is 11.4 Å². The molecule has 0 amide bonds. The van der Waals surface area contributed by atoms with E-state index in [1.165, 1.54) is 18.5 Å². The first-order valence-corrected chi connectivity index (χ1v) is 6.68. The molecular weight excluding hydrogens is 224 g/mol. The Kier molecular flexibility index (Phi) is 4.22. The number of aliphatic hydroxyl groups excluding tert-OH is 1. The van der Waals surface area contributed by atoms with Gasteiger partial charge >= 0.3 is 0 Å². The number of rotatable bonds is 6. The van der Waals surface area contributed by atoms with E-state index in [1.54, 1.807) is 0 Å². The van der Waals surface area contributed by atoms with Gasteiger partial charge < -0.3 is 10.0 Å². The Morgan fingerprint density at radius 1 is 1.39 bits per heavy atom. The molecule has 0 aliphatic heterocycles. The Morgan fingerprint density at radius 3 is 2.56 bits per heavy atom. The molecule has 1 aliphatic rings. The molecule has 0 radical (unpaired) electrons. The molecule has 1 fully saturated rings. The van der Waals surface area contributed by atoms with E-state index >= 15 is 0 Å². The second kappa shape index (κ2) is 5.88. The minimum Gasteiger partial charge on any atom is -0.388 e. The van der Waals surface area contributed by atoms with Gasteiger partial charge in [0.15, 0.2) is 0 Å². The largest absolute Gasteiger partial charge is 0.388 e. The lowest BCUT2D eigenvalue weighted by molar-refractivity contribution is 0.173. The standard InChI is InChI=1S/C15H20N2O/c1-2-15(18)12-4-6-13(7-5-12)17(11-3-10-16)14-8-9-14/h4-7,14-15,18H,2-3,8-9,11H2,1H3. The molecule has 0 saturated heterocycles. The number of hydrogen-bond donors (Lipinski definition) is 1. The first-order chi connectivity index (χ1) is 8.76. The van der Waals surface area contributed by atoms with Crippen molar-refractivity contribution in [3.8, 4) is 6.07 Å². The molecule has 1 aromatic carbocycles. The van der Waals surface area contributed by atoms with Gasteiger partial charge in [0, 0.05) is 18.3 Å². The SMILES string of the molecule is CCC(O)c1ccc(N(CCC#N)C2CC2)cc1. The lowest BCUT2D eigenvalue weighted by atomic mass is 10.1. The van der Waals surface area contributed by atoms with Crippen LogP contribution < -0.4 is 4.90 Å². The fourth-order valence-electron chi connectivity index (χ4n) is 2.20. The molecule has 0 spiro atoms. The third kappa shape index (κ3) is 3.02. The van der Waals surface area contributed by atoms with E-state index in [0.717, 1.165) is 18.5 Å². The third-order valence-electron chi connectivity index (χ3n) is 3.45. The van der Waals surface area contributed by atoms with Gasteiger partial charge in [-0.05, 0) is 37.0 Å². The average Bonchev–Trinajstić information content (AvgIpc) is 3.24. The molecule has 18 heavy (non-hydrogen) atoms. The van der Waals surface area contributed by atoms with Crippen LogP contribution in [0.4, 0.5) is 5.69 Å². The highest BCUT2D eigenvalue weighted by Crippen LogP contribution is 2.32. The van der Waals surface area contributed by atoms with Crippen molar-refractivity contribution in [1.29, 1.82) is 5.26 Å². The van der Waals surface area contributed by atoms with Gasteiger partial charge in [0.1, 0.15) is 0 Å². The smallest absolute Gasteiger partial charge is 0.0787 e. The predicted octanol–water partition coefficient (Wildman–Crippen LogP) is 3.01. The molecule has 0 aromatic heterocycles. The molecule has 0 bridgehead atoms. The van der Waals surface area contributed by atoms with Crippen LogP contribution in [0.15, 0.2) is 24.3 Å². The van der Waals surface area contributed by atoms with E-state index < -0.39 is 0 Å². The van der Waals surface area contributed by atoms with Crippen LogP contribution in [0.5, 0.6) is 0 Å². The van der Waals surface area contributed by atoms with E-state index in [0.29, 0.717) is 12.5 Å². The lowest BCUT2D eigenvalue weighted by Crippen LogP contribution is -2.26. The Hall–Kier alpha value is -1.53. The maximum Gasteiger partial charge on any atom is 0.0787 e. The lowest BCUT2D eigenvalue weighted by Gasteiger charge is -2.24. The molecule has 3 nitrogen and oxygen atoms in total. The van der Waals surface area contributed by atoms with E-state index in [-0.39, 0.29) is 6.10 Å². The van der Waals surface area contributed by atoms with Crippen LogP contribution in [-0.2, 0) is 0 Å². The molecule has 1 aromatic rings. The third-order valence-corrected chi connectivity index (χ3v) is 3.45.